The van der Waals surface area contributed by atoms with Gasteiger partial charge in [-0.2, -0.15) is 0 Å². The summed E-state index contributed by atoms with van der Waals surface area (Å²) in [5, 5.41) is 19.9. The first-order valence-corrected chi connectivity index (χ1v) is 9.41. The van der Waals surface area contributed by atoms with Crippen LogP contribution in [0.4, 0.5) is 5.69 Å². The lowest BCUT2D eigenvalue weighted by atomic mass is 9.89. The van der Waals surface area contributed by atoms with E-state index in [9.17, 15) is 10.2 Å². The van der Waals surface area contributed by atoms with Gasteiger partial charge >= 0.3 is 0 Å². The van der Waals surface area contributed by atoms with Crippen LogP contribution in [0.2, 0.25) is 0 Å². The molecule has 2 unspecified atom stereocenters. The molecular formula is C22H27NO4. The van der Waals surface area contributed by atoms with Crippen molar-refractivity contribution >= 4 is 11.4 Å². The second kappa shape index (κ2) is 9.13. The number of aliphatic hydroxyl groups is 2. The first-order chi connectivity index (χ1) is 13.1. The van der Waals surface area contributed by atoms with Crippen LogP contribution in [0.25, 0.3) is 0 Å². The zero-order valence-electron chi connectivity index (χ0n) is 15.8. The molecule has 0 radical (unpaired) electrons. The van der Waals surface area contributed by atoms with Crippen LogP contribution in [-0.2, 0) is 11.2 Å². The third kappa shape index (κ3) is 4.75. The summed E-state index contributed by atoms with van der Waals surface area (Å²) in [5.74, 6) is 0.662. The lowest BCUT2D eigenvalue weighted by Gasteiger charge is -2.27. The van der Waals surface area contributed by atoms with Crippen LogP contribution >= 0.6 is 0 Å². The van der Waals surface area contributed by atoms with E-state index in [-0.39, 0.29) is 18.6 Å². The third-order valence-electron chi connectivity index (χ3n) is 4.90. The minimum Gasteiger partial charge on any atom is -0.488 e. The Hall–Kier alpha value is -2.21. The molecule has 3 atom stereocenters. The number of ether oxygens (including phenoxy) is 2. The van der Waals surface area contributed by atoms with Gasteiger partial charge in [0.25, 0.3) is 0 Å². The molecule has 0 bridgehead atoms. The number of benzene rings is 2. The fourth-order valence-electron chi connectivity index (χ4n) is 3.27. The Morgan fingerprint density at radius 2 is 1.85 bits per heavy atom. The fraction of sp³-hybridized carbons (Fsp3) is 0.409. The first-order valence-electron chi connectivity index (χ1n) is 9.41. The molecule has 3 rings (SSSR count). The predicted octanol–water partition coefficient (Wildman–Crippen LogP) is 3.46. The molecule has 2 aromatic rings. The molecule has 0 saturated heterocycles. The van der Waals surface area contributed by atoms with Crippen LogP contribution in [-0.4, -0.2) is 41.8 Å². The Labute approximate surface area is 160 Å². The van der Waals surface area contributed by atoms with E-state index in [2.05, 4.69) is 4.99 Å². The van der Waals surface area contributed by atoms with Crippen molar-refractivity contribution in [3.05, 3.63) is 59.7 Å². The maximum absolute atomic E-state index is 10.5. The van der Waals surface area contributed by atoms with Gasteiger partial charge in [-0.15, -0.1) is 0 Å². The van der Waals surface area contributed by atoms with Gasteiger partial charge < -0.3 is 19.7 Å². The highest BCUT2D eigenvalue weighted by Crippen LogP contribution is 2.36. The van der Waals surface area contributed by atoms with E-state index in [0.717, 1.165) is 28.3 Å². The molecule has 27 heavy (non-hydrogen) atoms. The van der Waals surface area contributed by atoms with Gasteiger partial charge in [-0.1, -0.05) is 37.3 Å². The molecule has 0 fully saturated rings. The van der Waals surface area contributed by atoms with Crippen molar-refractivity contribution in [3.63, 3.8) is 0 Å². The molecule has 1 aliphatic heterocycles. The van der Waals surface area contributed by atoms with Gasteiger partial charge in [0.1, 0.15) is 12.4 Å². The molecule has 0 amide bonds. The zero-order valence-corrected chi connectivity index (χ0v) is 15.8. The van der Waals surface area contributed by atoms with Gasteiger partial charge in [0.15, 0.2) is 0 Å². The van der Waals surface area contributed by atoms with Crippen molar-refractivity contribution in [1.82, 2.24) is 0 Å². The average molecular weight is 369 g/mol. The van der Waals surface area contributed by atoms with E-state index in [4.69, 9.17) is 9.47 Å². The zero-order chi connectivity index (χ0) is 19.2. The van der Waals surface area contributed by atoms with E-state index in [1.54, 1.807) is 0 Å². The highest BCUT2D eigenvalue weighted by atomic mass is 16.5. The van der Waals surface area contributed by atoms with Crippen molar-refractivity contribution in [2.24, 2.45) is 10.9 Å². The van der Waals surface area contributed by atoms with Crippen LogP contribution in [0.5, 0.6) is 5.75 Å². The molecule has 2 aromatic carbocycles. The van der Waals surface area contributed by atoms with E-state index < -0.39 is 6.10 Å². The molecule has 2 N–H and O–H groups in total. The minimum atomic E-state index is -0.561. The van der Waals surface area contributed by atoms with Gasteiger partial charge in [0.2, 0.25) is 0 Å². The second-order valence-corrected chi connectivity index (χ2v) is 6.79. The van der Waals surface area contributed by atoms with Gasteiger partial charge in [0, 0.05) is 24.5 Å². The summed E-state index contributed by atoms with van der Waals surface area (Å²) in [6.07, 6.45) is -0.0772. The van der Waals surface area contributed by atoms with E-state index in [1.807, 2.05) is 62.4 Å². The van der Waals surface area contributed by atoms with Crippen LogP contribution < -0.4 is 4.74 Å². The Morgan fingerprint density at radius 3 is 2.56 bits per heavy atom. The summed E-state index contributed by atoms with van der Waals surface area (Å²) in [4.78, 5) is 4.67. The van der Waals surface area contributed by atoms with Crippen molar-refractivity contribution in [3.8, 4) is 5.75 Å². The molecule has 1 aliphatic rings. The maximum Gasteiger partial charge on any atom is 0.127 e. The maximum atomic E-state index is 10.5. The minimum absolute atomic E-state index is 0.00754. The SMILES string of the molecule is CCO[C@H](CO)Cc1ccc(OCC2=Nc3ccccc3C(O)C2C)cc1. The van der Waals surface area contributed by atoms with Gasteiger partial charge in [-0.25, -0.2) is 0 Å². The highest BCUT2D eigenvalue weighted by molar-refractivity contribution is 5.92. The Balaban J connectivity index is 1.62. The summed E-state index contributed by atoms with van der Waals surface area (Å²) in [7, 11) is 0. The molecule has 0 spiro atoms. The van der Waals surface area contributed by atoms with Crippen LogP contribution in [0, 0.1) is 5.92 Å². The molecule has 0 aliphatic carbocycles. The van der Waals surface area contributed by atoms with Crippen LogP contribution in [0.1, 0.15) is 31.1 Å². The molecule has 5 nitrogen and oxygen atoms in total. The topological polar surface area (TPSA) is 71.3 Å². The number of nitrogens with zero attached hydrogens (tertiary/aromatic N) is 1. The van der Waals surface area contributed by atoms with E-state index in [1.165, 1.54) is 0 Å². The van der Waals surface area contributed by atoms with Crippen LogP contribution in [0.3, 0.4) is 0 Å². The highest BCUT2D eigenvalue weighted by Gasteiger charge is 2.28. The summed E-state index contributed by atoms with van der Waals surface area (Å²) in [6.45, 7) is 4.82. The Bertz CT molecular complexity index is 772. The lowest BCUT2D eigenvalue weighted by molar-refractivity contribution is 0.0207. The quantitative estimate of drug-likeness (QED) is 0.747. The molecular weight excluding hydrogens is 342 g/mol. The summed E-state index contributed by atoms with van der Waals surface area (Å²) >= 11 is 0. The summed E-state index contributed by atoms with van der Waals surface area (Å²) < 4.78 is 11.4. The molecule has 0 aromatic heterocycles. The Kier molecular flexibility index (Phi) is 6.61. The number of para-hydroxylation sites is 1. The van der Waals surface area contributed by atoms with Gasteiger partial charge in [-0.05, 0) is 30.7 Å². The molecule has 144 valence electrons. The van der Waals surface area contributed by atoms with Crippen LogP contribution in [0.15, 0.2) is 53.5 Å². The van der Waals surface area contributed by atoms with Crippen molar-refractivity contribution in [2.45, 2.75) is 32.5 Å². The Morgan fingerprint density at radius 1 is 1.11 bits per heavy atom. The third-order valence-corrected chi connectivity index (χ3v) is 4.90. The summed E-state index contributed by atoms with van der Waals surface area (Å²) in [6, 6.07) is 15.4. The fourth-order valence-corrected chi connectivity index (χ4v) is 3.27. The van der Waals surface area contributed by atoms with Crippen molar-refractivity contribution in [2.75, 3.05) is 19.8 Å². The smallest absolute Gasteiger partial charge is 0.127 e. The number of rotatable bonds is 8. The monoisotopic (exact) mass is 369 g/mol. The lowest BCUT2D eigenvalue weighted by Crippen LogP contribution is -2.27. The predicted molar refractivity (Wildman–Crippen MR) is 106 cm³/mol. The van der Waals surface area contributed by atoms with Crippen molar-refractivity contribution < 1.29 is 19.7 Å². The normalized spacial score (nSPS) is 19.9. The molecule has 5 heteroatoms. The van der Waals surface area contributed by atoms with E-state index in [0.29, 0.717) is 19.6 Å². The molecule has 0 saturated carbocycles. The molecule has 1 heterocycles. The average Bonchev–Trinajstić information content (AvgIpc) is 2.70. The van der Waals surface area contributed by atoms with Crippen molar-refractivity contribution in [1.29, 1.82) is 0 Å². The number of hydrogen-bond donors (Lipinski definition) is 2. The number of fused-ring (bicyclic) bond motifs is 1. The van der Waals surface area contributed by atoms with Gasteiger partial charge in [0.05, 0.1) is 30.2 Å². The second-order valence-electron chi connectivity index (χ2n) is 6.79. The number of aliphatic hydroxyl groups excluding tert-OH is 2. The van der Waals surface area contributed by atoms with Gasteiger partial charge in [-0.3, -0.25) is 4.99 Å². The van der Waals surface area contributed by atoms with E-state index >= 15 is 0 Å². The largest absolute Gasteiger partial charge is 0.488 e. The first kappa shape index (κ1) is 19.5. The standard InChI is InChI=1S/C22H27NO4/c1-3-26-18(13-24)12-16-8-10-17(11-9-16)27-14-21-15(2)22(25)19-6-4-5-7-20(19)23-21/h4-11,15,18,22,24-25H,3,12-14H2,1-2H3/t15?,18-,22?/m0/s1. The summed E-state index contributed by atoms with van der Waals surface area (Å²) in [5.41, 5.74) is 3.60. The number of aliphatic imine (C=N–C) groups is 1. The number of hydrogen-bond acceptors (Lipinski definition) is 5.